The van der Waals surface area contributed by atoms with Crippen molar-refractivity contribution < 1.29 is 13.2 Å². The van der Waals surface area contributed by atoms with Crippen molar-refractivity contribution in [1.82, 2.24) is 9.55 Å². The number of anilines is 1. The Kier molecular flexibility index (Phi) is 6.58. The van der Waals surface area contributed by atoms with E-state index in [1.54, 1.807) is 49.0 Å². The highest BCUT2D eigenvalue weighted by atomic mass is 32.2. The van der Waals surface area contributed by atoms with Crippen molar-refractivity contribution in [2.24, 2.45) is 0 Å². The molecule has 0 aliphatic rings. The fourth-order valence-electron chi connectivity index (χ4n) is 3.55. The van der Waals surface area contributed by atoms with Gasteiger partial charge in [-0.25, -0.2) is 13.4 Å². The first-order valence-corrected chi connectivity index (χ1v) is 13.2. The van der Waals surface area contributed by atoms with Crippen LogP contribution in [-0.4, -0.2) is 30.1 Å². The van der Waals surface area contributed by atoms with Gasteiger partial charge in [0.1, 0.15) is 17.1 Å². The number of sulfone groups is 1. The molecular formula is C25H23N3O4S2. The van der Waals surface area contributed by atoms with E-state index >= 15 is 0 Å². The number of carbonyl (C=O) groups excluding carboxylic acids is 1. The van der Waals surface area contributed by atoms with Gasteiger partial charge in [0, 0.05) is 22.5 Å². The molecule has 0 aliphatic carbocycles. The molecule has 4 aromatic rings. The topological polar surface area (TPSA) is 98.1 Å². The number of fused-ring (bicyclic) bond motifs is 1. The van der Waals surface area contributed by atoms with Gasteiger partial charge in [0.15, 0.2) is 0 Å². The van der Waals surface area contributed by atoms with Gasteiger partial charge < -0.3 is 9.88 Å². The standard InChI is InChI=1S/C25H23N3O4S2/c1-16-7-10-20(11-8-16)34(31,32)22-14-28(25-21(24(22)30)12-9-17(2)26-25)15-23(29)27-18-5-4-6-19(13-18)33-3/h4-14H,15H2,1-3H3,(H,27,29). The number of aromatic nitrogens is 2. The Morgan fingerprint density at radius 1 is 1.06 bits per heavy atom. The van der Waals surface area contributed by atoms with E-state index in [0.29, 0.717) is 11.4 Å². The lowest BCUT2D eigenvalue weighted by Gasteiger charge is -2.14. The maximum Gasteiger partial charge on any atom is 0.244 e. The number of nitrogens with one attached hydrogen (secondary N) is 1. The van der Waals surface area contributed by atoms with Crippen molar-refractivity contribution in [3.63, 3.8) is 0 Å². The maximum atomic E-state index is 13.3. The second-order valence-electron chi connectivity index (χ2n) is 7.87. The van der Waals surface area contributed by atoms with Crippen LogP contribution in [0.15, 0.2) is 86.3 Å². The molecule has 2 aromatic heterocycles. The van der Waals surface area contributed by atoms with Crippen LogP contribution in [0.25, 0.3) is 11.0 Å². The summed E-state index contributed by atoms with van der Waals surface area (Å²) in [4.78, 5) is 31.1. The van der Waals surface area contributed by atoms with Gasteiger partial charge in [-0.1, -0.05) is 23.8 Å². The molecule has 1 amide bonds. The lowest BCUT2D eigenvalue weighted by molar-refractivity contribution is -0.116. The predicted octanol–water partition coefficient (Wildman–Crippen LogP) is 4.21. The molecule has 1 N–H and O–H groups in total. The number of hydrogen-bond acceptors (Lipinski definition) is 6. The zero-order valence-electron chi connectivity index (χ0n) is 18.9. The van der Waals surface area contributed by atoms with E-state index in [0.717, 1.165) is 10.5 Å². The average molecular weight is 494 g/mol. The number of aryl methyl sites for hydroxylation is 2. The molecular weight excluding hydrogens is 470 g/mol. The molecule has 0 radical (unpaired) electrons. The van der Waals surface area contributed by atoms with Crippen molar-refractivity contribution in [1.29, 1.82) is 0 Å². The summed E-state index contributed by atoms with van der Waals surface area (Å²) < 4.78 is 28.1. The third-order valence-corrected chi connectivity index (χ3v) is 7.80. The van der Waals surface area contributed by atoms with Gasteiger partial charge in [-0.05, 0) is 62.6 Å². The molecule has 0 spiro atoms. The molecule has 0 aliphatic heterocycles. The molecule has 2 aromatic carbocycles. The third kappa shape index (κ3) is 4.76. The van der Waals surface area contributed by atoms with Crippen LogP contribution < -0.4 is 10.7 Å². The Morgan fingerprint density at radius 3 is 2.50 bits per heavy atom. The van der Waals surface area contributed by atoms with E-state index < -0.39 is 20.2 Å². The summed E-state index contributed by atoms with van der Waals surface area (Å²) in [5.41, 5.74) is 1.77. The van der Waals surface area contributed by atoms with Crippen LogP contribution in [0.5, 0.6) is 0 Å². The zero-order chi connectivity index (χ0) is 24.5. The van der Waals surface area contributed by atoms with Crippen LogP contribution in [0.3, 0.4) is 0 Å². The number of hydrogen-bond donors (Lipinski definition) is 1. The average Bonchev–Trinajstić information content (AvgIpc) is 2.81. The Hall–Kier alpha value is -3.43. The highest BCUT2D eigenvalue weighted by Gasteiger charge is 2.24. The number of nitrogens with zero attached hydrogens (tertiary/aromatic N) is 2. The minimum absolute atomic E-state index is 0.0134. The summed E-state index contributed by atoms with van der Waals surface area (Å²) in [5.74, 6) is -0.370. The van der Waals surface area contributed by atoms with Crippen molar-refractivity contribution in [3.8, 4) is 0 Å². The molecule has 174 valence electrons. The van der Waals surface area contributed by atoms with Crippen LogP contribution in [0.4, 0.5) is 5.69 Å². The predicted molar refractivity (Wildman–Crippen MR) is 134 cm³/mol. The molecule has 34 heavy (non-hydrogen) atoms. The maximum absolute atomic E-state index is 13.3. The van der Waals surface area contributed by atoms with Crippen LogP contribution in [0, 0.1) is 13.8 Å². The quantitative estimate of drug-likeness (QED) is 0.404. The highest BCUT2D eigenvalue weighted by molar-refractivity contribution is 7.98. The van der Waals surface area contributed by atoms with Crippen molar-refractivity contribution in [2.75, 3.05) is 11.6 Å². The second-order valence-corrected chi connectivity index (χ2v) is 10.7. The number of pyridine rings is 2. The van der Waals surface area contributed by atoms with Crippen LogP contribution in [0.2, 0.25) is 0 Å². The Morgan fingerprint density at radius 2 is 1.79 bits per heavy atom. The van der Waals surface area contributed by atoms with E-state index in [-0.39, 0.29) is 28.4 Å². The Balaban J connectivity index is 1.80. The first kappa shape index (κ1) is 23.7. The van der Waals surface area contributed by atoms with E-state index in [1.807, 2.05) is 31.4 Å². The SMILES string of the molecule is CSc1cccc(NC(=O)Cn2cc(S(=O)(=O)c3ccc(C)cc3)c(=O)c3ccc(C)nc32)c1. The largest absolute Gasteiger partial charge is 0.324 e. The van der Waals surface area contributed by atoms with E-state index in [1.165, 1.54) is 22.9 Å². The third-order valence-electron chi connectivity index (χ3n) is 5.32. The van der Waals surface area contributed by atoms with Crippen LogP contribution in [0.1, 0.15) is 11.3 Å². The summed E-state index contributed by atoms with van der Waals surface area (Å²) in [5, 5.41) is 2.96. The van der Waals surface area contributed by atoms with Gasteiger partial charge >= 0.3 is 0 Å². The molecule has 0 bridgehead atoms. The molecule has 0 saturated heterocycles. The molecule has 2 heterocycles. The van der Waals surface area contributed by atoms with E-state index in [9.17, 15) is 18.0 Å². The molecule has 7 nitrogen and oxygen atoms in total. The summed E-state index contributed by atoms with van der Waals surface area (Å²) >= 11 is 1.55. The molecule has 4 rings (SSSR count). The van der Waals surface area contributed by atoms with Gasteiger partial charge in [-0.3, -0.25) is 9.59 Å². The number of rotatable bonds is 6. The molecule has 0 saturated carbocycles. The summed E-state index contributed by atoms with van der Waals surface area (Å²) in [6.07, 6.45) is 3.15. The molecule has 0 unspecified atom stereocenters. The number of carbonyl (C=O) groups is 1. The van der Waals surface area contributed by atoms with Crippen LogP contribution in [-0.2, 0) is 21.2 Å². The van der Waals surface area contributed by atoms with Crippen molar-refractivity contribution in [3.05, 3.63) is 88.3 Å². The second kappa shape index (κ2) is 9.44. The Bertz CT molecular complexity index is 1560. The molecule has 0 fully saturated rings. The van der Waals surface area contributed by atoms with Gasteiger partial charge in [0.2, 0.25) is 21.2 Å². The Labute approximate surface area is 201 Å². The summed E-state index contributed by atoms with van der Waals surface area (Å²) in [6.45, 7) is 3.40. The van der Waals surface area contributed by atoms with Gasteiger partial charge in [-0.2, -0.15) is 0 Å². The minimum atomic E-state index is -4.11. The fraction of sp³-hybridized carbons (Fsp3) is 0.160. The van der Waals surface area contributed by atoms with Crippen LogP contribution >= 0.6 is 11.8 Å². The first-order chi connectivity index (χ1) is 16.2. The fourth-order valence-corrected chi connectivity index (χ4v) is 5.37. The number of benzene rings is 2. The number of thioether (sulfide) groups is 1. The van der Waals surface area contributed by atoms with Gasteiger partial charge in [0.25, 0.3) is 0 Å². The van der Waals surface area contributed by atoms with E-state index in [2.05, 4.69) is 10.3 Å². The first-order valence-electron chi connectivity index (χ1n) is 10.5. The van der Waals surface area contributed by atoms with Gasteiger partial charge in [0.05, 0.1) is 10.3 Å². The number of amides is 1. The normalized spacial score (nSPS) is 11.5. The molecule has 9 heteroatoms. The highest BCUT2D eigenvalue weighted by Crippen LogP contribution is 2.22. The van der Waals surface area contributed by atoms with E-state index in [4.69, 9.17) is 0 Å². The monoisotopic (exact) mass is 493 g/mol. The molecule has 0 atom stereocenters. The zero-order valence-corrected chi connectivity index (χ0v) is 20.5. The van der Waals surface area contributed by atoms with Crippen molar-refractivity contribution >= 4 is 44.2 Å². The minimum Gasteiger partial charge on any atom is -0.324 e. The smallest absolute Gasteiger partial charge is 0.244 e. The lowest BCUT2D eigenvalue weighted by atomic mass is 10.2. The lowest BCUT2D eigenvalue weighted by Crippen LogP contribution is -2.24. The van der Waals surface area contributed by atoms with Gasteiger partial charge in [-0.15, -0.1) is 11.8 Å². The summed E-state index contributed by atoms with van der Waals surface area (Å²) in [6, 6.07) is 16.9. The van der Waals surface area contributed by atoms with Crippen molar-refractivity contribution in [2.45, 2.75) is 35.1 Å². The summed E-state index contributed by atoms with van der Waals surface area (Å²) in [7, 11) is -4.11.